The number of carboxylic acids is 1. The van der Waals surface area contributed by atoms with Gasteiger partial charge in [0.2, 0.25) is 0 Å². The molecule has 0 saturated heterocycles. The monoisotopic (exact) mass is 265 g/mol. The molecule has 1 rings (SSSR count). The fraction of sp³-hybridized carbons (Fsp3) is 0.462. The summed E-state index contributed by atoms with van der Waals surface area (Å²) < 4.78 is 0. The zero-order chi connectivity index (χ0) is 14.1. The molecule has 0 aliphatic carbocycles. The molecule has 1 heterocycles. The third kappa shape index (κ3) is 7.03. The van der Waals surface area contributed by atoms with Gasteiger partial charge in [-0.25, -0.2) is 4.79 Å². The summed E-state index contributed by atoms with van der Waals surface area (Å²) >= 11 is 0. The minimum atomic E-state index is -0.811. The standard InChI is InChI=1S/C13H19N3O3/c1-10(3-2-4-12(17)18)16-13(19)15-9-11-5-7-14-8-6-11/h5-8,10H,2-4,9H2,1H3,(H,17,18)(H2,15,16,19). The summed E-state index contributed by atoms with van der Waals surface area (Å²) in [5, 5.41) is 14.0. The van der Waals surface area contributed by atoms with Crippen LogP contribution < -0.4 is 10.6 Å². The molecule has 1 unspecified atom stereocenters. The number of nitrogens with one attached hydrogen (secondary N) is 2. The molecule has 0 spiro atoms. The summed E-state index contributed by atoms with van der Waals surface area (Å²) in [6.45, 7) is 2.30. The van der Waals surface area contributed by atoms with E-state index in [1.165, 1.54) is 0 Å². The molecule has 0 aliphatic rings. The summed E-state index contributed by atoms with van der Waals surface area (Å²) in [7, 11) is 0. The lowest BCUT2D eigenvalue weighted by molar-refractivity contribution is -0.137. The van der Waals surface area contributed by atoms with E-state index in [0.29, 0.717) is 19.4 Å². The first-order chi connectivity index (χ1) is 9.08. The predicted octanol–water partition coefficient (Wildman–Crippen LogP) is 1.52. The fourth-order valence-electron chi connectivity index (χ4n) is 1.59. The number of nitrogens with zero attached hydrogens (tertiary/aromatic N) is 1. The van der Waals surface area contributed by atoms with Crippen LogP contribution in [0.15, 0.2) is 24.5 Å². The van der Waals surface area contributed by atoms with Crippen LogP contribution in [0.1, 0.15) is 31.7 Å². The molecule has 6 nitrogen and oxygen atoms in total. The van der Waals surface area contributed by atoms with Crippen LogP contribution in [0.3, 0.4) is 0 Å². The largest absolute Gasteiger partial charge is 0.481 e. The Bertz CT molecular complexity index is 409. The highest BCUT2D eigenvalue weighted by atomic mass is 16.4. The molecular formula is C13H19N3O3. The lowest BCUT2D eigenvalue weighted by Gasteiger charge is -2.14. The lowest BCUT2D eigenvalue weighted by atomic mass is 10.1. The molecule has 0 bridgehead atoms. The topological polar surface area (TPSA) is 91.3 Å². The van der Waals surface area contributed by atoms with Crippen LogP contribution in [0.5, 0.6) is 0 Å². The van der Waals surface area contributed by atoms with Gasteiger partial charge < -0.3 is 15.7 Å². The highest BCUT2D eigenvalue weighted by Gasteiger charge is 2.07. The molecule has 1 aromatic heterocycles. The Hall–Kier alpha value is -2.11. The van der Waals surface area contributed by atoms with E-state index in [9.17, 15) is 9.59 Å². The third-order valence-corrected chi connectivity index (χ3v) is 2.61. The number of pyridine rings is 1. The predicted molar refractivity (Wildman–Crippen MR) is 70.6 cm³/mol. The molecule has 0 saturated carbocycles. The van der Waals surface area contributed by atoms with E-state index < -0.39 is 5.97 Å². The van der Waals surface area contributed by atoms with Crippen molar-refractivity contribution in [2.45, 2.75) is 38.8 Å². The van der Waals surface area contributed by atoms with Crippen molar-refractivity contribution in [3.8, 4) is 0 Å². The number of aliphatic carboxylic acids is 1. The quantitative estimate of drug-likeness (QED) is 0.697. The maximum absolute atomic E-state index is 11.6. The second-order valence-corrected chi connectivity index (χ2v) is 4.37. The number of carbonyl (C=O) groups is 2. The maximum Gasteiger partial charge on any atom is 0.315 e. The van der Waals surface area contributed by atoms with Crippen molar-refractivity contribution in [3.63, 3.8) is 0 Å². The van der Waals surface area contributed by atoms with Crippen molar-refractivity contribution in [3.05, 3.63) is 30.1 Å². The maximum atomic E-state index is 11.6. The molecule has 1 aromatic rings. The average molecular weight is 265 g/mol. The number of carbonyl (C=O) groups excluding carboxylic acids is 1. The highest BCUT2D eigenvalue weighted by molar-refractivity contribution is 5.74. The number of amides is 2. The van der Waals surface area contributed by atoms with E-state index in [2.05, 4.69) is 15.6 Å². The van der Waals surface area contributed by atoms with Gasteiger partial charge in [-0.05, 0) is 37.5 Å². The molecule has 19 heavy (non-hydrogen) atoms. The zero-order valence-electron chi connectivity index (χ0n) is 10.9. The molecule has 1 atom stereocenters. The fourth-order valence-corrected chi connectivity index (χ4v) is 1.59. The minimum Gasteiger partial charge on any atom is -0.481 e. The van der Waals surface area contributed by atoms with Gasteiger partial charge in [-0.15, -0.1) is 0 Å². The molecule has 0 radical (unpaired) electrons. The summed E-state index contributed by atoms with van der Waals surface area (Å²) in [5.41, 5.74) is 0.976. The molecule has 6 heteroatoms. The van der Waals surface area contributed by atoms with E-state index in [-0.39, 0.29) is 18.5 Å². The van der Waals surface area contributed by atoms with E-state index in [4.69, 9.17) is 5.11 Å². The van der Waals surface area contributed by atoms with Crippen molar-refractivity contribution in [2.75, 3.05) is 0 Å². The van der Waals surface area contributed by atoms with Crippen molar-refractivity contribution in [1.82, 2.24) is 15.6 Å². The van der Waals surface area contributed by atoms with E-state index in [0.717, 1.165) is 5.56 Å². The number of carboxylic acid groups (broad SMARTS) is 1. The van der Waals surface area contributed by atoms with Crippen LogP contribution in [0.2, 0.25) is 0 Å². The van der Waals surface area contributed by atoms with Crippen LogP contribution in [0.25, 0.3) is 0 Å². The second kappa shape index (κ2) is 8.07. The minimum absolute atomic E-state index is 0.0446. The van der Waals surface area contributed by atoms with E-state index in [1.54, 1.807) is 12.4 Å². The SMILES string of the molecule is CC(CCCC(=O)O)NC(=O)NCc1ccncc1. The van der Waals surface area contributed by atoms with Gasteiger partial charge in [0.1, 0.15) is 0 Å². The molecule has 104 valence electrons. The third-order valence-electron chi connectivity index (χ3n) is 2.61. The van der Waals surface area contributed by atoms with Crippen LogP contribution >= 0.6 is 0 Å². The van der Waals surface area contributed by atoms with Crippen LogP contribution in [-0.4, -0.2) is 28.1 Å². The smallest absolute Gasteiger partial charge is 0.315 e. The molecule has 0 fully saturated rings. The van der Waals surface area contributed by atoms with Crippen LogP contribution in [0.4, 0.5) is 4.79 Å². The Balaban J connectivity index is 2.18. The summed E-state index contributed by atoms with van der Waals surface area (Å²) in [5.74, 6) is -0.811. The van der Waals surface area contributed by atoms with Gasteiger partial charge in [-0.2, -0.15) is 0 Å². The lowest BCUT2D eigenvalue weighted by Crippen LogP contribution is -2.40. The average Bonchev–Trinajstić information content (AvgIpc) is 2.37. The molecule has 0 aromatic carbocycles. The van der Waals surface area contributed by atoms with Crippen molar-refractivity contribution >= 4 is 12.0 Å². The van der Waals surface area contributed by atoms with Gasteiger partial charge in [-0.3, -0.25) is 9.78 Å². The van der Waals surface area contributed by atoms with E-state index >= 15 is 0 Å². The molecule has 0 aliphatic heterocycles. The first-order valence-electron chi connectivity index (χ1n) is 6.23. The number of hydrogen-bond acceptors (Lipinski definition) is 3. The Labute approximate surface area is 112 Å². The first kappa shape index (κ1) is 14.9. The molecule has 3 N–H and O–H groups in total. The van der Waals surface area contributed by atoms with Crippen LogP contribution in [0, 0.1) is 0 Å². The van der Waals surface area contributed by atoms with E-state index in [1.807, 2.05) is 19.1 Å². The van der Waals surface area contributed by atoms with Crippen molar-refractivity contribution < 1.29 is 14.7 Å². The Morgan fingerprint density at radius 2 is 2.05 bits per heavy atom. The number of hydrogen-bond donors (Lipinski definition) is 3. The first-order valence-corrected chi connectivity index (χ1v) is 6.23. The van der Waals surface area contributed by atoms with Gasteiger partial charge in [0.05, 0.1) is 0 Å². The van der Waals surface area contributed by atoms with Crippen molar-refractivity contribution in [2.24, 2.45) is 0 Å². The summed E-state index contributed by atoms with van der Waals surface area (Å²) in [4.78, 5) is 25.8. The highest BCUT2D eigenvalue weighted by Crippen LogP contribution is 2.00. The molecule has 2 amide bonds. The zero-order valence-corrected chi connectivity index (χ0v) is 10.9. The normalized spacial score (nSPS) is 11.6. The van der Waals surface area contributed by atoms with Gasteiger partial charge in [0, 0.05) is 31.4 Å². The van der Waals surface area contributed by atoms with Crippen LogP contribution in [-0.2, 0) is 11.3 Å². The number of urea groups is 1. The van der Waals surface area contributed by atoms with Crippen molar-refractivity contribution in [1.29, 1.82) is 0 Å². The van der Waals surface area contributed by atoms with Gasteiger partial charge in [-0.1, -0.05) is 0 Å². The number of aromatic nitrogens is 1. The summed E-state index contributed by atoms with van der Waals surface area (Å²) in [6.07, 6.45) is 4.67. The molecular weight excluding hydrogens is 246 g/mol. The Morgan fingerprint density at radius 3 is 2.68 bits per heavy atom. The van der Waals surface area contributed by atoms with Gasteiger partial charge in [0.25, 0.3) is 0 Å². The second-order valence-electron chi connectivity index (χ2n) is 4.37. The Kier molecular flexibility index (Phi) is 6.35. The Morgan fingerprint density at radius 1 is 1.37 bits per heavy atom. The van der Waals surface area contributed by atoms with Gasteiger partial charge in [0.15, 0.2) is 0 Å². The summed E-state index contributed by atoms with van der Waals surface area (Å²) in [6, 6.07) is 3.36. The van der Waals surface area contributed by atoms with Gasteiger partial charge >= 0.3 is 12.0 Å². The number of rotatable bonds is 7.